The molecule has 0 bridgehead atoms. The predicted molar refractivity (Wildman–Crippen MR) is 111 cm³/mol. The van der Waals surface area contributed by atoms with Crippen molar-refractivity contribution in [2.75, 3.05) is 21.9 Å². The number of sulfonamides is 1. The maximum Gasteiger partial charge on any atom is 0.267 e. The van der Waals surface area contributed by atoms with Gasteiger partial charge in [0.05, 0.1) is 18.0 Å². The highest BCUT2D eigenvalue weighted by Gasteiger charge is 2.36. The van der Waals surface area contributed by atoms with Crippen LogP contribution < -0.4 is 14.4 Å². The van der Waals surface area contributed by atoms with Gasteiger partial charge in [0.15, 0.2) is 6.10 Å². The molecule has 0 saturated carbocycles. The molecule has 1 atom stereocenters. The molecule has 7 heteroatoms. The fourth-order valence-electron chi connectivity index (χ4n) is 3.36. The Morgan fingerprint density at radius 1 is 1.07 bits per heavy atom. The topological polar surface area (TPSA) is 75.7 Å². The van der Waals surface area contributed by atoms with E-state index < -0.39 is 16.1 Å². The number of amides is 1. The van der Waals surface area contributed by atoms with Crippen molar-refractivity contribution in [2.24, 2.45) is 0 Å². The summed E-state index contributed by atoms with van der Waals surface area (Å²) in [5.41, 5.74) is 3.35. The zero-order valence-corrected chi connectivity index (χ0v) is 17.3. The standard InChI is InChI=1S/C21H26N2O4S/c1-4-15-10-9-11-16(5-2)20(15)22-21(24)19-14-23(28(25,26)6-3)17-12-7-8-13-18(17)27-19/h7-13,19H,4-6,14H2,1-3H3,(H,22,24). The van der Waals surface area contributed by atoms with Gasteiger partial charge in [0, 0.05) is 5.69 Å². The third-order valence-electron chi connectivity index (χ3n) is 4.97. The zero-order chi connectivity index (χ0) is 20.3. The van der Waals surface area contributed by atoms with Gasteiger partial charge in [-0.1, -0.05) is 44.2 Å². The Labute approximate surface area is 166 Å². The van der Waals surface area contributed by atoms with Crippen LogP contribution in [0, 0.1) is 0 Å². The third kappa shape index (κ3) is 3.85. The first kappa shape index (κ1) is 20.2. The Balaban J connectivity index is 1.92. The number of nitrogens with zero attached hydrogens (tertiary/aromatic N) is 1. The number of rotatable bonds is 6. The average molecular weight is 403 g/mol. The van der Waals surface area contributed by atoms with Crippen molar-refractivity contribution in [1.82, 2.24) is 0 Å². The predicted octanol–water partition coefficient (Wildman–Crippen LogP) is 3.37. The SMILES string of the molecule is CCc1cccc(CC)c1NC(=O)C1CN(S(=O)(=O)CC)c2ccccc2O1. The summed E-state index contributed by atoms with van der Waals surface area (Å²) in [4.78, 5) is 13.0. The van der Waals surface area contributed by atoms with Crippen molar-refractivity contribution in [2.45, 2.75) is 39.7 Å². The van der Waals surface area contributed by atoms with E-state index in [2.05, 4.69) is 5.32 Å². The quantitative estimate of drug-likeness (QED) is 0.804. The van der Waals surface area contributed by atoms with E-state index in [0.717, 1.165) is 29.7 Å². The van der Waals surface area contributed by atoms with E-state index in [1.165, 1.54) is 4.31 Å². The van der Waals surface area contributed by atoms with E-state index >= 15 is 0 Å². The zero-order valence-electron chi connectivity index (χ0n) is 16.4. The molecule has 6 nitrogen and oxygen atoms in total. The lowest BCUT2D eigenvalue weighted by Crippen LogP contribution is -2.49. The molecule has 0 radical (unpaired) electrons. The van der Waals surface area contributed by atoms with E-state index in [-0.39, 0.29) is 18.2 Å². The van der Waals surface area contributed by atoms with Gasteiger partial charge in [0.1, 0.15) is 5.75 Å². The summed E-state index contributed by atoms with van der Waals surface area (Å²) in [6.07, 6.45) is 0.647. The largest absolute Gasteiger partial charge is 0.476 e. The lowest BCUT2D eigenvalue weighted by molar-refractivity contribution is -0.122. The van der Waals surface area contributed by atoms with E-state index in [9.17, 15) is 13.2 Å². The van der Waals surface area contributed by atoms with Gasteiger partial charge >= 0.3 is 0 Å². The van der Waals surface area contributed by atoms with Gasteiger partial charge in [0.25, 0.3) is 5.91 Å². The smallest absolute Gasteiger partial charge is 0.267 e. The average Bonchev–Trinajstić information content (AvgIpc) is 2.72. The third-order valence-corrected chi connectivity index (χ3v) is 6.72. The minimum absolute atomic E-state index is 0.0469. The van der Waals surface area contributed by atoms with Gasteiger partial charge in [0.2, 0.25) is 10.0 Å². The first-order chi connectivity index (χ1) is 13.4. The lowest BCUT2D eigenvalue weighted by Gasteiger charge is -2.34. The number of ether oxygens (including phenoxy) is 1. The highest BCUT2D eigenvalue weighted by molar-refractivity contribution is 7.92. The second kappa shape index (κ2) is 8.22. The molecule has 0 spiro atoms. The second-order valence-electron chi connectivity index (χ2n) is 6.65. The summed E-state index contributed by atoms with van der Waals surface area (Å²) >= 11 is 0. The molecular weight excluding hydrogens is 376 g/mol. The number of para-hydroxylation sites is 3. The van der Waals surface area contributed by atoms with Gasteiger partial charge in [-0.15, -0.1) is 0 Å². The van der Waals surface area contributed by atoms with Gasteiger partial charge < -0.3 is 10.1 Å². The van der Waals surface area contributed by atoms with Crippen LogP contribution in [0.5, 0.6) is 5.75 Å². The molecule has 1 N–H and O–H groups in total. The molecule has 3 rings (SSSR count). The highest BCUT2D eigenvalue weighted by Crippen LogP contribution is 2.35. The van der Waals surface area contributed by atoms with Crippen LogP contribution >= 0.6 is 0 Å². The van der Waals surface area contributed by atoms with Crippen LogP contribution in [-0.2, 0) is 27.7 Å². The Kier molecular flexibility index (Phi) is 5.93. The molecule has 0 aliphatic carbocycles. The molecule has 1 heterocycles. The summed E-state index contributed by atoms with van der Waals surface area (Å²) in [7, 11) is -3.53. The molecule has 1 aliphatic rings. The monoisotopic (exact) mass is 402 g/mol. The maximum absolute atomic E-state index is 13.0. The molecule has 0 saturated heterocycles. The van der Waals surface area contributed by atoms with Crippen molar-refractivity contribution in [3.63, 3.8) is 0 Å². The summed E-state index contributed by atoms with van der Waals surface area (Å²) in [6.45, 7) is 5.61. The van der Waals surface area contributed by atoms with Crippen molar-refractivity contribution in [3.8, 4) is 5.75 Å². The number of hydrogen-bond acceptors (Lipinski definition) is 4. The number of aryl methyl sites for hydroxylation is 2. The summed E-state index contributed by atoms with van der Waals surface area (Å²) in [6, 6.07) is 12.8. The Bertz CT molecular complexity index is 950. The van der Waals surface area contributed by atoms with Crippen molar-refractivity contribution >= 4 is 27.3 Å². The molecule has 0 fully saturated rings. The van der Waals surface area contributed by atoms with Crippen LogP contribution in [0.15, 0.2) is 42.5 Å². The second-order valence-corrected chi connectivity index (χ2v) is 8.84. The van der Waals surface area contributed by atoms with Crippen LogP contribution in [-0.4, -0.2) is 32.7 Å². The van der Waals surface area contributed by atoms with Crippen molar-refractivity contribution < 1.29 is 17.9 Å². The Hall–Kier alpha value is -2.54. The molecule has 1 amide bonds. The molecule has 0 aromatic heterocycles. The van der Waals surface area contributed by atoms with Crippen LogP contribution in [0.2, 0.25) is 0 Å². The first-order valence-electron chi connectivity index (χ1n) is 9.59. The molecule has 150 valence electrons. The number of hydrogen-bond donors (Lipinski definition) is 1. The number of carbonyl (C=O) groups is 1. The van der Waals surface area contributed by atoms with E-state index in [4.69, 9.17) is 4.74 Å². The highest BCUT2D eigenvalue weighted by atomic mass is 32.2. The molecule has 1 aliphatic heterocycles. The molecule has 2 aromatic carbocycles. The minimum atomic E-state index is -3.53. The van der Waals surface area contributed by atoms with Crippen molar-refractivity contribution in [3.05, 3.63) is 53.6 Å². The summed E-state index contributed by atoms with van der Waals surface area (Å²) < 4.78 is 32.3. The van der Waals surface area contributed by atoms with Gasteiger partial charge in [-0.05, 0) is 43.0 Å². The fraction of sp³-hybridized carbons (Fsp3) is 0.381. The van der Waals surface area contributed by atoms with Gasteiger partial charge in [-0.2, -0.15) is 0 Å². The Morgan fingerprint density at radius 2 is 1.71 bits per heavy atom. The lowest BCUT2D eigenvalue weighted by atomic mass is 10.0. The van der Waals surface area contributed by atoms with Crippen molar-refractivity contribution in [1.29, 1.82) is 0 Å². The number of benzene rings is 2. The van der Waals surface area contributed by atoms with Crippen LogP contribution in [0.3, 0.4) is 0 Å². The number of nitrogens with one attached hydrogen (secondary N) is 1. The minimum Gasteiger partial charge on any atom is -0.476 e. The molecular formula is C21H26N2O4S. The molecule has 1 unspecified atom stereocenters. The number of fused-ring (bicyclic) bond motifs is 1. The summed E-state index contributed by atoms with van der Waals surface area (Å²) in [5.74, 6) is 0.000687. The molecule has 2 aromatic rings. The van der Waals surface area contributed by atoms with Crippen LogP contribution in [0.25, 0.3) is 0 Å². The van der Waals surface area contributed by atoms with E-state index in [0.29, 0.717) is 11.4 Å². The van der Waals surface area contributed by atoms with Crippen LogP contribution in [0.4, 0.5) is 11.4 Å². The maximum atomic E-state index is 13.0. The van der Waals surface area contributed by atoms with E-state index in [1.54, 1.807) is 31.2 Å². The van der Waals surface area contributed by atoms with Gasteiger partial charge in [-0.3, -0.25) is 9.10 Å². The van der Waals surface area contributed by atoms with Gasteiger partial charge in [-0.25, -0.2) is 8.42 Å². The molecule has 28 heavy (non-hydrogen) atoms. The van der Waals surface area contributed by atoms with Crippen LogP contribution in [0.1, 0.15) is 31.9 Å². The first-order valence-corrected chi connectivity index (χ1v) is 11.2. The van der Waals surface area contributed by atoms with E-state index in [1.807, 2.05) is 32.0 Å². The Morgan fingerprint density at radius 3 is 2.32 bits per heavy atom. The summed E-state index contributed by atoms with van der Waals surface area (Å²) in [5, 5.41) is 2.99. The number of carbonyl (C=O) groups excluding carboxylic acids is 1. The fourth-order valence-corrected chi connectivity index (χ4v) is 4.49. The normalized spacial score (nSPS) is 16.2. The number of anilines is 2.